The molecule has 2 nitrogen and oxygen atoms in total. The van der Waals surface area contributed by atoms with Crippen molar-refractivity contribution in [2.24, 2.45) is 0 Å². The average Bonchev–Trinajstić information content (AvgIpc) is 2.57. The highest BCUT2D eigenvalue weighted by Crippen LogP contribution is 2.28. The van der Waals surface area contributed by atoms with Crippen LogP contribution in [-0.4, -0.2) is 10.8 Å². The van der Waals surface area contributed by atoms with E-state index in [1.54, 1.807) is 0 Å². The highest BCUT2D eigenvalue weighted by molar-refractivity contribution is 6.10. The van der Waals surface area contributed by atoms with Gasteiger partial charge >= 0.3 is 0 Å². The third-order valence-electron chi connectivity index (χ3n) is 2.71. The van der Waals surface area contributed by atoms with Crippen LogP contribution in [0.5, 0.6) is 0 Å². The number of rotatable bonds is 0. The van der Waals surface area contributed by atoms with Gasteiger partial charge in [-0.25, -0.2) is 0 Å². The quantitative estimate of drug-likeness (QED) is 0.648. The Morgan fingerprint density at radius 1 is 1.23 bits per heavy atom. The molecular weight excluding hydrogens is 162 g/mol. The Morgan fingerprint density at radius 2 is 2.15 bits per heavy atom. The van der Waals surface area contributed by atoms with Crippen LogP contribution in [0.4, 0.5) is 0 Å². The monoisotopic (exact) mass is 171 g/mol. The maximum atomic E-state index is 11.5. The van der Waals surface area contributed by atoms with Gasteiger partial charge in [0.15, 0.2) is 5.78 Å². The second kappa shape index (κ2) is 2.22. The molecule has 0 aliphatic heterocycles. The topological polar surface area (TPSA) is 32.9 Å². The Labute approximate surface area is 75.6 Å². The van der Waals surface area contributed by atoms with Gasteiger partial charge in [-0.05, 0) is 18.1 Å². The van der Waals surface area contributed by atoms with Crippen LogP contribution >= 0.6 is 0 Å². The number of carbonyl (C=O) groups is 1. The van der Waals surface area contributed by atoms with Gasteiger partial charge in [0.05, 0.1) is 0 Å². The van der Waals surface area contributed by atoms with Crippen molar-refractivity contribution in [2.75, 3.05) is 0 Å². The zero-order chi connectivity index (χ0) is 8.84. The molecule has 3 rings (SSSR count). The smallest absolute Gasteiger partial charge is 0.165 e. The predicted molar refractivity (Wildman–Crippen MR) is 51.0 cm³/mol. The summed E-state index contributed by atoms with van der Waals surface area (Å²) in [4.78, 5) is 14.6. The Kier molecular flexibility index (Phi) is 1.18. The molecule has 2 aromatic rings. The fourth-order valence-electron chi connectivity index (χ4n) is 2.07. The molecule has 1 aromatic heterocycles. The standard InChI is InChI=1S/C11H9NO/c13-10-5-4-7-2-1-3-9-11(7)8(10)6-12-9/h1-3,6,12H,4-5H2. The number of Topliss-reactive ketones (excluding diaryl/α,β-unsaturated/α-hetero) is 1. The first-order chi connectivity index (χ1) is 6.36. The van der Waals surface area contributed by atoms with Crippen LogP contribution in [0, 0.1) is 0 Å². The summed E-state index contributed by atoms with van der Waals surface area (Å²) in [7, 11) is 0. The summed E-state index contributed by atoms with van der Waals surface area (Å²) < 4.78 is 0. The maximum absolute atomic E-state index is 11.5. The van der Waals surface area contributed by atoms with Crippen molar-refractivity contribution in [3.05, 3.63) is 35.5 Å². The van der Waals surface area contributed by atoms with Crippen molar-refractivity contribution >= 4 is 16.7 Å². The molecule has 64 valence electrons. The van der Waals surface area contributed by atoms with Crippen molar-refractivity contribution in [3.63, 3.8) is 0 Å². The summed E-state index contributed by atoms with van der Waals surface area (Å²) in [5, 5.41) is 1.14. The minimum atomic E-state index is 0.268. The molecule has 0 radical (unpaired) electrons. The molecule has 1 aromatic carbocycles. The molecule has 0 spiro atoms. The number of aromatic amines is 1. The third-order valence-corrected chi connectivity index (χ3v) is 2.71. The summed E-state index contributed by atoms with van der Waals surface area (Å²) >= 11 is 0. The van der Waals surface area contributed by atoms with E-state index in [9.17, 15) is 4.79 Å². The number of nitrogens with one attached hydrogen (secondary N) is 1. The first-order valence-electron chi connectivity index (χ1n) is 4.48. The van der Waals surface area contributed by atoms with E-state index in [-0.39, 0.29) is 5.78 Å². The number of ketones is 1. The van der Waals surface area contributed by atoms with E-state index in [1.165, 1.54) is 5.56 Å². The Hall–Kier alpha value is -1.57. The highest BCUT2D eigenvalue weighted by atomic mass is 16.1. The number of H-pyrrole nitrogens is 1. The molecule has 1 aliphatic rings. The largest absolute Gasteiger partial charge is 0.360 e. The van der Waals surface area contributed by atoms with Crippen LogP contribution < -0.4 is 0 Å². The van der Waals surface area contributed by atoms with Crippen molar-refractivity contribution in [2.45, 2.75) is 12.8 Å². The molecule has 1 N–H and O–H groups in total. The Bertz CT molecular complexity index is 496. The van der Waals surface area contributed by atoms with Crippen molar-refractivity contribution in [1.82, 2.24) is 4.98 Å². The van der Waals surface area contributed by atoms with Gasteiger partial charge in [-0.3, -0.25) is 4.79 Å². The SMILES string of the molecule is O=C1CCc2cccc3[nH]cc1c23. The van der Waals surface area contributed by atoms with Gasteiger partial charge < -0.3 is 4.98 Å². The van der Waals surface area contributed by atoms with Gasteiger partial charge in [0.25, 0.3) is 0 Å². The summed E-state index contributed by atoms with van der Waals surface area (Å²) in [6.45, 7) is 0. The minimum absolute atomic E-state index is 0.268. The molecule has 2 heteroatoms. The fraction of sp³-hybridized carbons (Fsp3) is 0.182. The first-order valence-corrected chi connectivity index (χ1v) is 4.48. The van der Waals surface area contributed by atoms with Crippen LogP contribution in [0.3, 0.4) is 0 Å². The number of hydrogen-bond donors (Lipinski definition) is 1. The van der Waals surface area contributed by atoms with Gasteiger partial charge in [0.2, 0.25) is 0 Å². The molecule has 0 atom stereocenters. The van der Waals surface area contributed by atoms with E-state index < -0.39 is 0 Å². The summed E-state index contributed by atoms with van der Waals surface area (Å²) in [6.07, 6.45) is 3.38. The lowest BCUT2D eigenvalue weighted by Gasteiger charge is -2.10. The van der Waals surface area contributed by atoms with Crippen LogP contribution in [-0.2, 0) is 6.42 Å². The zero-order valence-corrected chi connectivity index (χ0v) is 7.13. The molecule has 0 amide bonds. The lowest BCUT2D eigenvalue weighted by atomic mass is 9.92. The Balaban J connectivity index is 2.51. The molecule has 0 saturated carbocycles. The van der Waals surface area contributed by atoms with E-state index in [1.807, 2.05) is 18.3 Å². The van der Waals surface area contributed by atoms with Crippen LogP contribution in [0.2, 0.25) is 0 Å². The van der Waals surface area contributed by atoms with Crippen LogP contribution in [0.1, 0.15) is 22.3 Å². The van der Waals surface area contributed by atoms with Crippen molar-refractivity contribution in [1.29, 1.82) is 0 Å². The number of carbonyl (C=O) groups excluding carboxylic acids is 1. The molecular formula is C11H9NO. The minimum Gasteiger partial charge on any atom is -0.360 e. The lowest BCUT2D eigenvalue weighted by molar-refractivity contribution is 0.0982. The number of aromatic nitrogens is 1. The van der Waals surface area contributed by atoms with E-state index >= 15 is 0 Å². The lowest BCUT2D eigenvalue weighted by Crippen LogP contribution is -2.06. The maximum Gasteiger partial charge on any atom is 0.165 e. The number of hydrogen-bond acceptors (Lipinski definition) is 1. The van der Waals surface area contributed by atoms with Crippen molar-refractivity contribution in [3.8, 4) is 0 Å². The van der Waals surface area contributed by atoms with E-state index in [2.05, 4.69) is 11.1 Å². The van der Waals surface area contributed by atoms with Gasteiger partial charge in [0.1, 0.15) is 0 Å². The molecule has 13 heavy (non-hydrogen) atoms. The normalized spacial score (nSPS) is 15.2. The number of benzene rings is 1. The summed E-state index contributed by atoms with van der Waals surface area (Å²) in [5.74, 6) is 0.268. The van der Waals surface area contributed by atoms with Crippen LogP contribution in [0.25, 0.3) is 10.9 Å². The molecule has 0 bridgehead atoms. The molecule has 0 unspecified atom stereocenters. The summed E-state index contributed by atoms with van der Waals surface area (Å²) in [5.41, 5.74) is 3.26. The molecule has 1 heterocycles. The molecule has 1 aliphatic carbocycles. The summed E-state index contributed by atoms with van der Waals surface area (Å²) in [6, 6.07) is 6.15. The predicted octanol–water partition coefficient (Wildman–Crippen LogP) is 2.30. The van der Waals surface area contributed by atoms with Gasteiger partial charge in [-0.2, -0.15) is 0 Å². The highest BCUT2D eigenvalue weighted by Gasteiger charge is 2.19. The van der Waals surface area contributed by atoms with E-state index in [0.29, 0.717) is 6.42 Å². The second-order valence-corrected chi connectivity index (χ2v) is 3.47. The molecule has 0 saturated heterocycles. The van der Waals surface area contributed by atoms with Crippen molar-refractivity contribution < 1.29 is 4.79 Å². The van der Waals surface area contributed by atoms with Crippen LogP contribution in [0.15, 0.2) is 24.4 Å². The Morgan fingerprint density at radius 3 is 3.08 bits per heavy atom. The number of aryl methyl sites for hydroxylation is 1. The third kappa shape index (κ3) is 0.800. The van der Waals surface area contributed by atoms with Gasteiger partial charge in [0, 0.05) is 29.1 Å². The fourth-order valence-corrected chi connectivity index (χ4v) is 2.07. The first kappa shape index (κ1) is 6.89. The second-order valence-electron chi connectivity index (χ2n) is 3.47. The zero-order valence-electron chi connectivity index (χ0n) is 7.13. The van der Waals surface area contributed by atoms with Gasteiger partial charge in [-0.1, -0.05) is 12.1 Å². The van der Waals surface area contributed by atoms with Gasteiger partial charge in [-0.15, -0.1) is 0 Å². The average molecular weight is 171 g/mol. The van der Waals surface area contributed by atoms with E-state index in [4.69, 9.17) is 0 Å². The molecule has 0 fully saturated rings. The van der Waals surface area contributed by atoms with E-state index in [0.717, 1.165) is 22.9 Å².